The first-order valence-corrected chi connectivity index (χ1v) is 6.51. The fourth-order valence-electron chi connectivity index (χ4n) is 1.21. The molecule has 0 saturated carbocycles. The van der Waals surface area contributed by atoms with Gasteiger partial charge in [0.05, 0.1) is 25.1 Å². The van der Waals surface area contributed by atoms with Gasteiger partial charge in [0.2, 0.25) is 0 Å². The first kappa shape index (κ1) is 11.9. The lowest BCUT2D eigenvalue weighted by atomic mass is 10.2. The Morgan fingerprint density at radius 3 is 2.40 bits per heavy atom. The third-order valence-electron chi connectivity index (χ3n) is 1.88. The van der Waals surface area contributed by atoms with Crippen molar-refractivity contribution in [3.05, 3.63) is 36.3 Å². The number of nitrogens with zero attached hydrogens (tertiary/aromatic N) is 1. The third-order valence-corrected chi connectivity index (χ3v) is 4.91. The summed E-state index contributed by atoms with van der Waals surface area (Å²) in [5.41, 5.74) is 0.626. The van der Waals surface area contributed by atoms with Gasteiger partial charge >= 0.3 is 0 Å². The maximum Gasteiger partial charge on any atom is 0.0916 e. The minimum Gasteiger partial charge on any atom is -0.253 e. The first-order chi connectivity index (χ1) is 7.02. The van der Waals surface area contributed by atoms with Crippen LogP contribution in [-0.2, 0) is 0 Å². The topological polar surface area (TPSA) is 12.9 Å². The van der Waals surface area contributed by atoms with Crippen LogP contribution in [0.5, 0.6) is 0 Å². The van der Waals surface area contributed by atoms with Crippen molar-refractivity contribution in [2.24, 2.45) is 0 Å². The fourth-order valence-corrected chi connectivity index (χ4v) is 2.86. The first-order valence-electron chi connectivity index (χ1n) is 3.79. The standard InChI is InChI=1S/C9H2Br2Cl3N/c10-3-2-15-9-5(13)1-4(12)8(14)6(9)7(3)11/h1-2H. The van der Waals surface area contributed by atoms with Crippen molar-refractivity contribution >= 4 is 77.6 Å². The Morgan fingerprint density at radius 1 is 1.07 bits per heavy atom. The fraction of sp³-hybridized carbons (Fsp3) is 0. The average Bonchev–Trinajstić information content (AvgIpc) is 2.19. The van der Waals surface area contributed by atoms with Gasteiger partial charge in [0.15, 0.2) is 0 Å². The lowest BCUT2D eigenvalue weighted by Crippen LogP contribution is -1.85. The van der Waals surface area contributed by atoms with E-state index in [1.165, 1.54) is 0 Å². The van der Waals surface area contributed by atoms with Crippen LogP contribution < -0.4 is 0 Å². The summed E-state index contributed by atoms with van der Waals surface area (Å²) in [6.45, 7) is 0. The van der Waals surface area contributed by atoms with Crippen LogP contribution in [0.15, 0.2) is 21.2 Å². The van der Waals surface area contributed by atoms with Gasteiger partial charge in [-0.3, -0.25) is 4.98 Å². The van der Waals surface area contributed by atoms with Crippen LogP contribution in [0, 0.1) is 0 Å². The third kappa shape index (κ3) is 2.01. The van der Waals surface area contributed by atoms with Gasteiger partial charge in [-0.2, -0.15) is 0 Å². The summed E-state index contributed by atoms with van der Waals surface area (Å²) in [5, 5.41) is 2.04. The second kappa shape index (κ2) is 4.38. The summed E-state index contributed by atoms with van der Waals surface area (Å²) in [5.74, 6) is 0. The minimum atomic E-state index is 0.412. The Hall–Kier alpha value is 0.460. The summed E-state index contributed by atoms with van der Waals surface area (Å²) in [6.07, 6.45) is 1.66. The molecule has 0 unspecified atom stereocenters. The van der Waals surface area contributed by atoms with E-state index in [2.05, 4.69) is 36.8 Å². The van der Waals surface area contributed by atoms with Crippen LogP contribution >= 0.6 is 66.7 Å². The van der Waals surface area contributed by atoms with Gasteiger partial charge in [0, 0.05) is 16.1 Å². The monoisotopic (exact) mass is 387 g/mol. The van der Waals surface area contributed by atoms with Crippen LogP contribution in [0.2, 0.25) is 15.1 Å². The van der Waals surface area contributed by atoms with Crippen molar-refractivity contribution in [2.45, 2.75) is 0 Å². The van der Waals surface area contributed by atoms with E-state index in [9.17, 15) is 0 Å². The number of aromatic nitrogens is 1. The highest BCUT2D eigenvalue weighted by atomic mass is 79.9. The zero-order valence-electron chi connectivity index (χ0n) is 6.99. The molecule has 78 valence electrons. The van der Waals surface area contributed by atoms with E-state index < -0.39 is 0 Å². The minimum absolute atomic E-state index is 0.412. The van der Waals surface area contributed by atoms with Crippen LogP contribution in [0.3, 0.4) is 0 Å². The second-order valence-corrected chi connectivity index (χ2v) is 5.64. The highest BCUT2D eigenvalue weighted by Gasteiger charge is 2.14. The number of rotatable bonds is 0. The van der Waals surface area contributed by atoms with Crippen molar-refractivity contribution in [3.63, 3.8) is 0 Å². The van der Waals surface area contributed by atoms with Gasteiger partial charge in [-0.15, -0.1) is 0 Å². The molecule has 0 saturated heterocycles. The summed E-state index contributed by atoms with van der Waals surface area (Å²) in [7, 11) is 0. The maximum atomic E-state index is 6.09. The molecule has 2 aromatic rings. The van der Waals surface area contributed by atoms with E-state index in [1.54, 1.807) is 12.3 Å². The van der Waals surface area contributed by atoms with Gasteiger partial charge in [0.25, 0.3) is 0 Å². The number of hydrogen-bond donors (Lipinski definition) is 0. The van der Waals surface area contributed by atoms with E-state index in [4.69, 9.17) is 34.8 Å². The molecule has 0 fully saturated rings. The quantitative estimate of drug-likeness (QED) is 0.525. The van der Waals surface area contributed by atoms with Crippen molar-refractivity contribution in [3.8, 4) is 0 Å². The molecule has 0 atom stereocenters. The molecule has 15 heavy (non-hydrogen) atoms. The Balaban J connectivity index is 3.04. The zero-order valence-corrected chi connectivity index (χ0v) is 12.4. The van der Waals surface area contributed by atoms with Gasteiger partial charge in [0.1, 0.15) is 0 Å². The number of hydrogen-bond acceptors (Lipinski definition) is 1. The molecule has 0 N–H and O–H groups in total. The predicted octanol–water partition coefficient (Wildman–Crippen LogP) is 5.72. The number of benzene rings is 1. The molecule has 0 aliphatic heterocycles. The summed E-state index contributed by atoms with van der Waals surface area (Å²) < 4.78 is 1.59. The molecule has 1 aromatic carbocycles. The molecule has 1 heterocycles. The van der Waals surface area contributed by atoms with Crippen molar-refractivity contribution in [1.82, 2.24) is 4.98 Å². The van der Waals surface area contributed by atoms with Crippen LogP contribution in [0.25, 0.3) is 10.9 Å². The van der Waals surface area contributed by atoms with E-state index in [0.717, 1.165) is 8.95 Å². The average molecular weight is 390 g/mol. The van der Waals surface area contributed by atoms with Gasteiger partial charge < -0.3 is 0 Å². The van der Waals surface area contributed by atoms with Crippen molar-refractivity contribution < 1.29 is 0 Å². The molecule has 0 aliphatic rings. The number of fused-ring (bicyclic) bond motifs is 1. The molecule has 0 radical (unpaired) electrons. The molecule has 0 bridgehead atoms. The van der Waals surface area contributed by atoms with Crippen LogP contribution in [0.1, 0.15) is 0 Å². The smallest absolute Gasteiger partial charge is 0.0916 e. The Morgan fingerprint density at radius 2 is 1.73 bits per heavy atom. The van der Waals surface area contributed by atoms with Crippen molar-refractivity contribution in [1.29, 1.82) is 0 Å². The molecule has 1 nitrogen and oxygen atoms in total. The molecule has 1 aromatic heterocycles. The van der Waals surface area contributed by atoms with E-state index in [1.807, 2.05) is 0 Å². The Kier molecular flexibility index (Phi) is 3.48. The van der Waals surface area contributed by atoms with Gasteiger partial charge in [-0.05, 0) is 37.9 Å². The molecular weight excluding hydrogens is 388 g/mol. The largest absolute Gasteiger partial charge is 0.253 e. The highest BCUT2D eigenvalue weighted by molar-refractivity contribution is 9.13. The van der Waals surface area contributed by atoms with E-state index in [-0.39, 0.29) is 0 Å². The SMILES string of the molecule is Clc1cc(Cl)c2ncc(Br)c(Br)c2c1Cl. The van der Waals surface area contributed by atoms with Crippen LogP contribution in [-0.4, -0.2) is 4.98 Å². The normalized spacial score (nSPS) is 11.0. The van der Waals surface area contributed by atoms with Crippen LogP contribution in [0.4, 0.5) is 0 Å². The maximum absolute atomic E-state index is 6.09. The summed E-state index contributed by atoms with van der Waals surface area (Å²) >= 11 is 24.8. The predicted molar refractivity (Wildman–Crippen MR) is 72.2 cm³/mol. The lowest BCUT2D eigenvalue weighted by Gasteiger charge is -2.07. The Labute approximate surface area is 118 Å². The van der Waals surface area contributed by atoms with Crippen molar-refractivity contribution in [2.75, 3.05) is 0 Å². The molecule has 0 amide bonds. The molecule has 2 rings (SSSR count). The molecule has 0 spiro atoms. The van der Waals surface area contributed by atoms with Gasteiger partial charge in [-0.25, -0.2) is 0 Å². The Bertz CT molecular complexity index is 549. The molecule has 6 heteroatoms. The summed E-state index contributed by atoms with van der Waals surface area (Å²) in [6, 6.07) is 1.58. The number of halogens is 5. The molecule has 0 aliphatic carbocycles. The van der Waals surface area contributed by atoms with E-state index in [0.29, 0.717) is 26.0 Å². The van der Waals surface area contributed by atoms with E-state index >= 15 is 0 Å². The highest BCUT2D eigenvalue weighted by Crippen LogP contribution is 2.41. The second-order valence-electron chi connectivity index (χ2n) is 2.80. The lowest BCUT2D eigenvalue weighted by molar-refractivity contribution is 1.38. The van der Waals surface area contributed by atoms with Gasteiger partial charge in [-0.1, -0.05) is 34.8 Å². The summed E-state index contributed by atoms with van der Waals surface area (Å²) in [4.78, 5) is 4.19. The molecular formula is C9H2Br2Cl3N. The number of pyridine rings is 1. The zero-order chi connectivity index (χ0) is 11.2.